The normalized spacial score (nSPS) is 10.2. The van der Waals surface area contributed by atoms with Crippen molar-refractivity contribution in [1.29, 1.82) is 0 Å². The maximum absolute atomic E-state index is 11.9. The molecule has 0 aliphatic carbocycles. The van der Waals surface area contributed by atoms with E-state index in [2.05, 4.69) is 5.32 Å². The first-order valence-electron chi connectivity index (χ1n) is 9.99. The van der Waals surface area contributed by atoms with Crippen molar-refractivity contribution in [3.05, 3.63) is 53.6 Å². The Labute approximate surface area is 177 Å². The summed E-state index contributed by atoms with van der Waals surface area (Å²) in [5.41, 5.74) is 1.81. The zero-order chi connectivity index (χ0) is 21.8. The number of ether oxygens (including phenoxy) is 4. The Morgan fingerprint density at radius 2 is 1.57 bits per heavy atom. The van der Waals surface area contributed by atoms with Gasteiger partial charge in [-0.3, -0.25) is 9.59 Å². The van der Waals surface area contributed by atoms with Gasteiger partial charge in [0.25, 0.3) is 5.91 Å². The van der Waals surface area contributed by atoms with Crippen LogP contribution in [0.4, 0.5) is 0 Å². The Kier molecular flexibility index (Phi) is 9.51. The van der Waals surface area contributed by atoms with Crippen LogP contribution in [0, 0.1) is 0 Å². The first-order valence-corrected chi connectivity index (χ1v) is 9.99. The number of hydrogen-bond acceptors (Lipinski definition) is 6. The molecule has 162 valence electrons. The molecule has 0 bridgehead atoms. The monoisotopic (exact) mass is 415 g/mol. The van der Waals surface area contributed by atoms with Gasteiger partial charge in [0, 0.05) is 6.54 Å². The molecule has 2 aromatic carbocycles. The van der Waals surface area contributed by atoms with E-state index in [4.69, 9.17) is 18.9 Å². The van der Waals surface area contributed by atoms with Crippen LogP contribution in [-0.2, 0) is 27.2 Å². The summed E-state index contributed by atoms with van der Waals surface area (Å²) >= 11 is 0. The van der Waals surface area contributed by atoms with Gasteiger partial charge in [-0.1, -0.05) is 18.2 Å². The lowest BCUT2D eigenvalue weighted by atomic mass is 10.1. The molecule has 1 N–H and O–H groups in total. The highest BCUT2D eigenvalue weighted by atomic mass is 16.5. The highest BCUT2D eigenvalue weighted by molar-refractivity contribution is 5.81. The van der Waals surface area contributed by atoms with Gasteiger partial charge in [0.1, 0.15) is 5.75 Å². The summed E-state index contributed by atoms with van der Waals surface area (Å²) in [4.78, 5) is 23.8. The molecule has 0 saturated heterocycles. The largest absolute Gasteiger partial charge is 0.497 e. The first kappa shape index (κ1) is 23.1. The molecule has 0 unspecified atom stereocenters. The van der Waals surface area contributed by atoms with Crippen molar-refractivity contribution < 1.29 is 28.5 Å². The SMILES string of the molecule is CCOc1ccc(CCNC(=O)COC(=O)Cc2ccc(OC)cc2)cc1OCC. The Bertz CT molecular complexity index is 819. The van der Waals surface area contributed by atoms with Crippen molar-refractivity contribution in [2.45, 2.75) is 26.7 Å². The smallest absolute Gasteiger partial charge is 0.310 e. The number of benzene rings is 2. The summed E-state index contributed by atoms with van der Waals surface area (Å²) in [7, 11) is 1.58. The van der Waals surface area contributed by atoms with Gasteiger partial charge < -0.3 is 24.3 Å². The molecule has 0 aliphatic rings. The van der Waals surface area contributed by atoms with Crippen LogP contribution < -0.4 is 19.5 Å². The van der Waals surface area contributed by atoms with Gasteiger partial charge in [-0.2, -0.15) is 0 Å². The maximum atomic E-state index is 11.9. The van der Waals surface area contributed by atoms with Crippen molar-refractivity contribution in [3.8, 4) is 17.2 Å². The molecule has 30 heavy (non-hydrogen) atoms. The van der Waals surface area contributed by atoms with Crippen LogP contribution in [-0.4, -0.2) is 45.4 Å². The summed E-state index contributed by atoms with van der Waals surface area (Å²) in [5, 5.41) is 2.75. The molecule has 0 radical (unpaired) electrons. The molecular weight excluding hydrogens is 386 g/mol. The molecule has 0 heterocycles. The number of amides is 1. The molecule has 7 nitrogen and oxygen atoms in total. The second-order valence-corrected chi connectivity index (χ2v) is 6.43. The van der Waals surface area contributed by atoms with Crippen molar-refractivity contribution >= 4 is 11.9 Å². The standard InChI is InChI=1S/C23H29NO6/c1-4-28-20-11-8-18(14-21(20)29-5-2)12-13-24-22(25)16-30-23(26)15-17-6-9-19(27-3)10-7-17/h6-11,14H,4-5,12-13,15-16H2,1-3H3,(H,24,25). The zero-order valence-corrected chi connectivity index (χ0v) is 17.7. The zero-order valence-electron chi connectivity index (χ0n) is 17.7. The van der Waals surface area contributed by atoms with E-state index in [1.165, 1.54) is 0 Å². The van der Waals surface area contributed by atoms with Crippen molar-refractivity contribution in [2.75, 3.05) is 33.5 Å². The number of hydrogen-bond donors (Lipinski definition) is 1. The minimum Gasteiger partial charge on any atom is -0.497 e. The third kappa shape index (κ3) is 7.66. The summed E-state index contributed by atoms with van der Waals surface area (Å²) in [6, 6.07) is 12.8. The molecule has 2 rings (SSSR count). The fourth-order valence-electron chi connectivity index (χ4n) is 2.76. The molecule has 0 saturated carbocycles. The van der Waals surface area contributed by atoms with Crippen molar-refractivity contribution in [1.82, 2.24) is 5.32 Å². The lowest BCUT2D eigenvalue weighted by Crippen LogP contribution is -2.30. The summed E-state index contributed by atoms with van der Waals surface area (Å²) in [5.74, 6) is 1.32. The number of rotatable bonds is 12. The molecule has 0 atom stereocenters. The van der Waals surface area contributed by atoms with E-state index in [1.807, 2.05) is 32.0 Å². The molecule has 0 aromatic heterocycles. The quantitative estimate of drug-likeness (QED) is 0.537. The predicted octanol–water partition coefficient (Wildman–Crippen LogP) is 2.94. The number of carbonyl (C=O) groups is 2. The Hall–Kier alpha value is -3.22. The average molecular weight is 415 g/mol. The fourth-order valence-corrected chi connectivity index (χ4v) is 2.76. The Morgan fingerprint density at radius 3 is 2.23 bits per heavy atom. The number of esters is 1. The predicted molar refractivity (Wildman–Crippen MR) is 113 cm³/mol. The van der Waals surface area contributed by atoms with Crippen molar-refractivity contribution in [3.63, 3.8) is 0 Å². The van der Waals surface area contributed by atoms with Crippen LogP contribution in [0.1, 0.15) is 25.0 Å². The van der Waals surface area contributed by atoms with Crippen molar-refractivity contribution in [2.24, 2.45) is 0 Å². The third-order valence-corrected chi connectivity index (χ3v) is 4.22. The van der Waals surface area contributed by atoms with E-state index in [1.54, 1.807) is 31.4 Å². The lowest BCUT2D eigenvalue weighted by molar-refractivity contribution is -0.147. The van der Waals surface area contributed by atoms with E-state index in [-0.39, 0.29) is 18.9 Å². The van der Waals surface area contributed by atoms with Gasteiger partial charge in [-0.25, -0.2) is 0 Å². The van der Waals surface area contributed by atoms with E-state index in [0.29, 0.717) is 43.4 Å². The molecule has 0 aliphatic heterocycles. The van der Waals surface area contributed by atoms with E-state index in [9.17, 15) is 9.59 Å². The molecule has 1 amide bonds. The first-order chi connectivity index (χ1) is 14.5. The number of methoxy groups -OCH3 is 1. The average Bonchev–Trinajstić information content (AvgIpc) is 2.75. The summed E-state index contributed by atoms with van der Waals surface area (Å²) in [6.45, 7) is 5.06. The van der Waals surface area contributed by atoms with Crippen LogP contribution in [0.5, 0.6) is 17.2 Å². The third-order valence-electron chi connectivity index (χ3n) is 4.22. The van der Waals surface area contributed by atoms with Crippen LogP contribution in [0.25, 0.3) is 0 Å². The number of nitrogens with one attached hydrogen (secondary N) is 1. The van der Waals surface area contributed by atoms with Gasteiger partial charge in [-0.15, -0.1) is 0 Å². The summed E-state index contributed by atoms with van der Waals surface area (Å²) < 4.78 is 21.3. The second-order valence-electron chi connectivity index (χ2n) is 6.43. The lowest BCUT2D eigenvalue weighted by Gasteiger charge is -2.12. The molecule has 0 fully saturated rings. The van der Waals surface area contributed by atoms with Crippen LogP contribution in [0.2, 0.25) is 0 Å². The maximum Gasteiger partial charge on any atom is 0.310 e. The van der Waals surface area contributed by atoms with E-state index < -0.39 is 5.97 Å². The van der Waals surface area contributed by atoms with Crippen LogP contribution >= 0.6 is 0 Å². The molecular formula is C23H29NO6. The molecule has 7 heteroatoms. The molecule has 0 spiro atoms. The van der Waals surface area contributed by atoms with Gasteiger partial charge >= 0.3 is 5.97 Å². The summed E-state index contributed by atoms with van der Waals surface area (Å²) in [6.07, 6.45) is 0.724. The fraction of sp³-hybridized carbons (Fsp3) is 0.391. The number of carbonyl (C=O) groups excluding carboxylic acids is 2. The Morgan fingerprint density at radius 1 is 0.900 bits per heavy atom. The van der Waals surface area contributed by atoms with E-state index >= 15 is 0 Å². The Balaban J connectivity index is 1.72. The van der Waals surface area contributed by atoms with Gasteiger partial charge in [0.2, 0.25) is 0 Å². The minimum atomic E-state index is -0.455. The van der Waals surface area contributed by atoms with Crippen LogP contribution in [0.15, 0.2) is 42.5 Å². The van der Waals surface area contributed by atoms with Gasteiger partial charge in [0.05, 0.1) is 26.7 Å². The highest BCUT2D eigenvalue weighted by Gasteiger charge is 2.10. The van der Waals surface area contributed by atoms with Gasteiger partial charge in [-0.05, 0) is 55.7 Å². The second kappa shape index (κ2) is 12.4. The topological polar surface area (TPSA) is 83.1 Å². The van der Waals surface area contributed by atoms with Crippen LogP contribution in [0.3, 0.4) is 0 Å². The highest BCUT2D eigenvalue weighted by Crippen LogP contribution is 2.28. The minimum absolute atomic E-state index is 0.101. The van der Waals surface area contributed by atoms with E-state index in [0.717, 1.165) is 11.1 Å². The molecule has 2 aromatic rings. The van der Waals surface area contributed by atoms with Gasteiger partial charge in [0.15, 0.2) is 18.1 Å².